The predicted octanol–water partition coefficient (Wildman–Crippen LogP) is 1.39. The molecule has 0 aliphatic carbocycles. The van der Waals surface area contributed by atoms with Crippen molar-refractivity contribution < 1.29 is 13.2 Å². The van der Waals surface area contributed by atoms with Crippen molar-refractivity contribution in [2.24, 2.45) is 0 Å². The average Bonchev–Trinajstić information content (AvgIpc) is 2.67. The highest BCUT2D eigenvalue weighted by Gasteiger charge is 2.34. The first-order chi connectivity index (χ1) is 8.43. The lowest BCUT2D eigenvalue weighted by Crippen LogP contribution is -2.49. The van der Waals surface area contributed by atoms with Gasteiger partial charge in [-0.3, -0.25) is 0 Å². The van der Waals surface area contributed by atoms with Gasteiger partial charge in [-0.2, -0.15) is 0 Å². The standard InChI is InChI=1S/C12H24N2O3S/c1-4-10(5-2)13-12(15)14(6-3)11-7-8-18(16,17)9-11/h10-11H,4-9H2,1-3H3,(H,13,15). The minimum atomic E-state index is -2.95. The zero-order valence-electron chi connectivity index (χ0n) is 11.5. The number of nitrogens with zero attached hydrogens (tertiary/aromatic N) is 1. The number of carbonyl (C=O) groups is 1. The molecule has 1 fully saturated rings. The van der Waals surface area contributed by atoms with E-state index >= 15 is 0 Å². The van der Waals surface area contributed by atoms with Crippen LogP contribution in [0.1, 0.15) is 40.0 Å². The SMILES string of the molecule is CCC(CC)NC(=O)N(CC)C1CCS(=O)(=O)C1. The second-order valence-electron chi connectivity index (χ2n) is 4.81. The number of nitrogens with one attached hydrogen (secondary N) is 1. The van der Waals surface area contributed by atoms with Crippen LogP contribution in [0.2, 0.25) is 0 Å². The molecule has 1 rings (SSSR count). The van der Waals surface area contributed by atoms with Gasteiger partial charge < -0.3 is 10.2 Å². The van der Waals surface area contributed by atoms with Crippen LogP contribution < -0.4 is 5.32 Å². The first kappa shape index (κ1) is 15.3. The van der Waals surface area contributed by atoms with Crippen molar-refractivity contribution in [1.29, 1.82) is 0 Å². The molecule has 0 aromatic heterocycles. The summed E-state index contributed by atoms with van der Waals surface area (Å²) in [5.74, 6) is 0.309. The topological polar surface area (TPSA) is 66.5 Å². The van der Waals surface area contributed by atoms with Gasteiger partial charge in [0.15, 0.2) is 9.84 Å². The summed E-state index contributed by atoms with van der Waals surface area (Å²) in [4.78, 5) is 13.8. The van der Waals surface area contributed by atoms with E-state index in [0.717, 1.165) is 12.8 Å². The third-order valence-corrected chi connectivity index (χ3v) is 5.31. The van der Waals surface area contributed by atoms with E-state index in [4.69, 9.17) is 0 Å². The van der Waals surface area contributed by atoms with Crippen molar-refractivity contribution in [3.8, 4) is 0 Å². The normalized spacial score (nSPS) is 22.1. The van der Waals surface area contributed by atoms with Crippen LogP contribution in [0.4, 0.5) is 4.79 Å². The Morgan fingerprint density at radius 3 is 2.33 bits per heavy atom. The second-order valence-corrected chi connectivity index (χ2v) is 7.03. The van der Waals surface area contributed by atoms with E-state index in [1.807, 2.05) is 20.8 Å². The Labute approximate surface area is 110 Å². The van der Waals surface area contributed by atoms with E-state index in [0.29, 0.717) is 13.0 Å². The van der Waals surface area contributed by atoms with Crippen LogP contribution in [0.15, 0.2) is 0 Å². The van der Waals surface area contributed by atoms with Crippen molar-refractivity contribution in [1.82, 2.24) is 10.2 Å². The first-order valence-electron chi connectivity index (χ1n) is 6.71. The highest BCUT2D eigenvalue weighted by Crippen LogP contribution is 2.18. The number of hydrogen-bond donors (Lipinski definition) is 1. The summed E-state index contributed by atoms with van der Waals surface area (Å²) in [7, 11) is -2.95. The summed E-state index contributed by atoms with van der Waals surface area (Å²) in [5.41, 5.74) is 0. The third-order valence-electron chi connectivity index (χ3n) is 3.56. The minimum absolute atomic E-state index is 0.108. The van der Waals surface area contributed by atoms with E-state index < -0.39 is 9.84 Å². The molecule has 0 spiro atoms. The lowest BCUT2D eigenvalue weighted by molar-refractivity contribution is 0.179. The molecule has 0 aromatic carbocycles. The van der Waals surface area contributed by atoms with Crippen LogP contribution in [0.25, 0.3) is 0 Å². The van der Waals surface area contributed by atoms with Crippen LogP contribution in [0.5, 0.6) is 0 Å². The smallest absolute Gasteiger partial charge is 0.317 e. The lowest BCUT2D eigenvalue weighted by Gasteiger charge is -2.29. The highest BCUT2D eigenvalue weighted by atomic mass is 32.2. The largest absolute Gasteiger partial charge is 0.335 e. The van der Waals surface area contributed by atoms with Gasteiger partial charge in [-0.05, 0) is 26.2 Å². The number of rotatable bonds is 5. The van der Waals surface area contributed by atoms with E-state index in [9.17, 15) is 13.2 Å². The van der Waals surface area contributed by atoms with Gasteiger partial charge in [-0.1, -0.05) is 13.8 Å². The van der Waals surface area contributed by atoms with Gasteiger partial charge >= 0.3 is 6.03 Å². The highest BCUT2D eigenvalue weighted by molar-refractivity contribution is 7.91. The number of carbonyl (C=O) groups excluding carboxylic acids is 1. The number of urea groups is 1. The van der Waals surface area contributed by atoms with Crippen molar-refractivity contribution in [3.63, 3.8) is 0 Å². The fourth-order valence-corrected chi connectivity index (χ4v) is 4.07. The Morgan fingerprint density at radius 2 is 1.94 bits per heavy atom. The van der Waals surface area contributed by atoms with E-state index in [1.165, 1.54) is 0 Å². The van der Waals surface area contributed by atoms with Gasteiger partial charge in [-0.15, -0.1) is 0 Å². The molecule has 1 saturated heterocycles. The summed E-state index contributed by atoms with van der Waals surface area (Å²) in [6.45, 7) is 6.50. The molecule has 1 N–H and O–H groups in total. The van der Waals surface area contributed by atoms with Gasteiger partial charge in [-0.25, -0.2) is 13.2 Å². The molecule has 18 heavy (non-hydrogen) atoms. The predicted molar refractivity (Wildman–Crippen MR) is 72.3 cm³/mol. The van der Waals surface area contributed by atoms with E-state index in [-0.39, 0.29) is 29.6 Å². The first-order valence-corrected chi connectivity index (χ1v) is 8.53. The Hall–Kier alpha value is -0.780. The summed E-state index contributed by atoms with van der Waals surface area (Å²) < 4.78 is 22.9. The van der Waals surface area contributed by atoms with Crippen LogP contribution in [0, 0.1) is 0 Å². The molecule has 0 saturated carbocycles. The Kier molecular flexibility index (Phi) is 5.44. The second kappa shape index (κ2) is 6.41. The molecule has 106 valence electrons. The zero-order chi connectivity index (χ0) is 13.8. The van der Waals surface area contributed by atoms with Crippen molar-refractivity contribution in [2.45, 2.75) is 52.1 Å². The number of sulfone groups is 1. The Balaban J connectivity index is 2.63. The monoisotopic (exact) mass is 276 g/mol. The van der Waals surface area contributed by atoms with Crippen LogP contribution in [-0.4, -0.2) is 49.5 Å². The quantitative estimate of drug-likeness (QED) is 0.825. The van der Waals surface area contributed by atoms with Gasteiger partial charge in [0.05, 0.1) is 11.5 Å². The molecular formula is C12H24N2O3S. The summed E-state index contributed by atoms with van der Waals surface area (Å²) >= 11 is 0. The van der Waals surface area contributed by atoms with Gasteiger partial charge in [0.25, 0.3) is 0 Å². The van der Waals surface area contributed by atoms with Crippen LogP contribution in [-0.2, 0) is 9.84 Å². The van der Waals surface area contributed by atoms with Crippen LogP contribution in [0.3, 0.4) is 0 Å². The maximum Gasteiger partial charge on any atom is 0.317 e. The molecule has 0 aromatic rings. The average molecular weight is 276 g/mol. The van der Waals surface area contributed by atoms with Crippen LogP contribution >= 0.6 is 0 Å². The molecule has 0 radical (unpaired) electrons. The molecule has 1 unspecified atom stereocenters. The molecule has 1 atom stereocenters. The van der Waals surface area contributed by atoms with Gasteiger partial charge in [0, 0.05) is 18.6 Å². The maximum absolute atomic E-state index is 12.1. The number of hydrogen-bond acceptors (Lipinski definition) is 3. The minimum Gasteiger partial charge on any atom is -0.335 e. The Bertz CT molecular complexity index is 377. The van der Waals surface area contributed by atoms with Crippen molar-refractivity contribution in [2.75, 3.05) is 18.1 Å². The molecule has 1 aliphatic rings. The molecule has 2 amide bonds. The van der Waals surface area contributed by atoms with E-state index in [2.05, 4.69) is 5.32 Å². The van der Waals surface area contributed by atoms with E-state index in [1.54, 1.807) is 4.90 Å². The van der Waals surface area contributed by atoms with Gasteiger partial charge in [0.1, 0.15) is 0 Å². The van der Waals surface area contributed by atoms with Crippen molar-refractivity contribution >= 4 is 15.9 Å². The molecule has 5 nitrogen and oxygen atoms in total. The zero-order valence-corrected chi connectivity index (χ0v) is 12.3. The molecule has 6 heteroatoms. The Morgan fingerprint density at radius 1 is 1.33 bits per heavy atom. The third kappa shape index (κ3) is 3.86. The molecule has 0 bridgehead atoms. The molecular weight excluding hydrogens is 252 g/mol. The summed E-state index contributed by atoms with van der Waals surface area (Å²) in [5, 5.41) is 2.96. The van der Waals surface area contributed by atoms with Gasteiger partial charge in [0.2, 0.25) is 0 Å². The number of amides is 2. The fraction of sp³-hybridized carbons (Fsp3) is 0.917. The molecule has 1 heterocycles. The lowest BCUT2D eigenvalue weighted by atomic mass is 10.2. The maximum atomic E-state index is 12.1. The molecule has 1 aliphatic heterocycles. The van der Waals surface area contributed by atoms with Crippen molar-refractivity contribution in [3.05, 3.63) is 0 Å². The summed E-state index contributed by atoms with van der Waals surface area (Å²) in [6, 6.07) is -0.118. The summed E-state index contributed by atoms with van der Waals surface area (Å²) in [6.07, 6.45) is 2.35. The fourth-order valence-electron chi connectivity index (χ4n) is 2.34.